The van der Waals surface area contributed by atoms with Crippen LogP contribution < -0.4 is 27.0 Å². The van der Waals surface area contributed by atoms with Gasteiger partial charge in [-0.3, -0.25) is 19.2 Å². The zero-order valence-corrected chi connectivity index (χ0v) is 23.9. The van der Waals surface area contributed by atoms with Crippen LogP contribution in [0.3, 0.4) is 0 Å². The van der Waals surface area contributed by atoms with Crippen LogP contribution in [0.25, 0.3) is 10.9 Å². The van der Waals surface area contributed by atoms with Crippen LogP contribution in [0, 0.1) is 0 Å². The molecular formula is C25H36N6O7S2. The highest BCUT2D eigenvalue weighted by Gasteiger charge is 2.31. The molecule has 13 nitrogen and oxygen atoms in total. The number of hydrogen-bond donors (Lipinski definition) is 9. The molecule has 40 heavy (non-hydrogen) atoms. The summed E-state index contributed by atoms with van der Waals surface area (Å²) in [6.07, 6.45) is 2.67. The van der Waals surface area contributed by atoms with Gasteiger partial charge in [-0.15, -0.1) is 0 Å². The lowest BCUT2D eigenvalue weighted by Gasteiger charge is -2.24. The molecule has 220 valence electrons. The van der Waals surface area contributed by atoms with Crippen molar-refractivity contribution in [3.05, 3.63) is 36.0 Å². The lowest BCUT2D eigenvalue weighted by molar-refractivity contribution is -0.145. The standard InChI is InChI=1S/C25H36N6O7S2/c1-13(32)21(25(37)38)31-24(36)19(12-39)30-23(35)18(9-14-10-27-17-6-4-3-5-15(14)17)29-20(33)11-28-22(34)16(26)7-8-40-2/h3-6,10,13,16,18-19,21,27,32,39H,7-9,11-12,26H2,1-2H3,(H,28,34)(H,29,33)(H,30,35)(H,31,36)(H,37,38)/t13-,16+,18+,19+,21+/m1/s1. The van der Waals surface area contributed by atoms with E-state index >= 15 is 0 Å². The summed E-state index contributed by atoms with van der Waals surface area (Å²) >= 11 is 5.63. The van der Waals surface area contributed by atoms with Crippen molar-refractivity contribution in [3.8, 4) is 0 Å². The van der Waals surface area contributed by atoms with Crippen LogP contribution in [0.1, 0.15) is 18.9 Å². The van der Waals surface area contributed by atoms with Crippen molar-refractivity contribution in [2.24, 2.45) is 5.73 Å². The monoisotopic (exact) mass is 596 g/mol. The Morgan fingerprint density at radius 3 is 2.35 bits per heavy atom. The Kier molecular flexibility index (Phi) is 13.3. The summed E-state index contributed by atoms with van der Waals surface area (Å²) in [4.78, 5) is 65.4. The van der Waals surface area contributed by atoms with Gasteiger partial charge in [0.2, 0.25) is 23.6 Å². The number of carbonyl (C=O) groups excluding carboxylic acids is 4. The number of aliphatic carboxylic acids is 1. The summed E-state index contributed by atoms with van der Waals surface area (Å²) in [5, 5.41) is 29.4. The average molecular weight is 597 g/mol. The van der Waals surface area contributed by atoms with Crippen molar-refractivity contribution in [1.82, 2.24) is 26.3 Å². The maximum absolute atomic E-state index is 13.3. The highest BCUT2D eigenvalue weighted by molar-refractivity contribution is 7.98. The van der Waals surface area contributed by atoms with Crippen LogP contribution in [-0.4, -0.2) is 99.4 Å². The first-order valence-corrected chi connectivity index (χ1v) is 14.5. The van der Waals surface area contributed by atoms with Crippen molar-refractivity contribution in [2.75, 3.05) is 24.3 Å². The molecule has 1 aromatic heterocycles. The number of thiol groups is 1. The molecule has 1 aromatic carbocycles. The van der Waals surface area contributed by atoms with Crippen LogP contribution >= 0.6 is 24.4 Å². The van der Waals surface area contributed by atoms with E-state index in [1.54, 1.807) is 6.20 Å². The molecule has 1 heterocycles. The molecule has 0 radical (unpaired) electrons. The molecule has 9 N–H and O–H groups in total. The van der Waals surface area contributed by atoms with Gasteiger partial charge in [0.25, 0.3) is 0 Å². The number of para-hydroxylation sites is 1. The second-order valence-electron chi connectivity index (χ2n) is 9.10. The molecule has 0 saturated heterocycles. The van der Waals surface area contributed by atoms with Gasteiger partial charge in [0.1, 0.15) is 12.1 Å². The first kappa shape index (κ1) is 32.9. The molecule has 15 heteroatoms. The van der Waals surface area contributed by atoms with Crippen LogP contribution in [0.2, 0.25) is 0 Å². The van der Waals surface area contributed by atoms with Crippen LogP contribution in [0.4, 0.5) is 0 Å². The molecule has 0 spiro atoms. The number of hydrogen-bond acceptors (Lipinski definition) is 9. The maximum Gasteiger partial charge on any atom is 0.328 e. The van der Waals surface area contributed by atoms with E-state index in [1.165, 1.54) is 18.7 Å². The summed E-state index contributed by atoms with van der Waals surface area (Å²) < 4.78 is 0. The molecule has 0 unspecified atom stereocenters. The third-order valence-electron chi connectivity index (χ3n) is 6.01. The number of aliphatic hydroxyl groups excluding tert-OH is 1. The number of H-pyrrole nitrogens is 1. The third kappa shape index (κ3) is 9.73. The van der Waals surface area contributed by atoms with Crippen LogP contribution in [-0.2, 0) is 30.4 Å². The lowest BCUT2D eigenvalue weighted by atomic mass is 10.0. The number of carboxylic acid groups (broad SMARTS) is 1. The number of fused-ring (bicyclic) bond motifs is 1. The summed E-state index contributed by atoms with van der Waals surface area (Å²) in [5.74, 6) is -3.73. The fourth-order valence-electron chi connectivity index (χ4n) is 3.76. The van der Waals surface area contributed by atoms with E-state index in [0.29, 0.717) is 17.7 Å². The van der Waals surface area contributed by atoms with Gasteiger partial charge in [0, 0.05) is 29.3 Å². The van der Waals surface area contributed by atoms with Gasteiger partial charge in [-0.25, -0.2) is 4.79 Å². The number of nitrogens with one attached hydrogen (secondary N) is 5. The summed E-state index contributed by atoms with van der Waals surface area (Å²) in [6, 6.07) is 2.55. The molecule has 0 aliphatic carbocycles. The normalized spacial score (nSPS) is 14.8. The maximum atomic E-state index is 13.3. The first-order valence-electron chi connectivity index (χ1n) is 12.5. The summed E-state index contributed by atoms with van der Waals surface area (Å²) in [5.41, 5.74) is 7.36. The van der Waals surface area contributed by atoms with E-state index < -0.39 is 66.4 Å². The topological polar surface area (TPSA) is 216 Å². The molecule has 0 aliphatic rings. The van der Waals surface area contributed by atoms with E-state index in [1.807, 2.05) is 30.5 Å². The highest BCUT2D eigenvalue weighted by Crippen LogP contribution is 2.19. The third-order valence-corrected chi connectivity index (χ3v) is 7.01. The van der Waals surface area contributed by atoms with Gasteiger partial charge >= 0.3 is 5.97 Å². The Morgan fingerprint density at radius 1 is 1.05 bits per heavy atom. The number of benzene rings is 1. The number of aromatic amines is 1. The molecule has 0 bridgehead atoms. The molecular weight excluding hydrogens is 560 g/mol. The smallest absolute Gasteiger partial charge is 0.328 e. The molecule has 0 fully saturated rings. The number of aliphatic hydroxyl groups is 1. The second kappa shape index (κ2) is 16.1. The summed E-state index contributed by atoms with van der Waals surface area (Å²) in [6.45, 7) is 0.781. The minimum atomic E-state index is -1.60. The fourth-order valence-corrected chi connectivity index (χ4v) is 4.51. The number of carboxylic acids is 1. The largest absolute Gasteiger partial charge is 0.480 e. The molecule has 2 rings (SSSR count). The van der Waals surface area contributed by atoms with Gasteiger partial charge in [0.05, 0.1) is 18.7 Å². The minimum Gasteiger partial charge on any atom is -0.480 e. The van der Waals surface area contributed by atoms with Crippen LogP contribution in [0.15, 0.2) is 30.5 Å². The fraction of sp³-hybridized carbons (Fsp3) is 0.480. The zero-order valence-electron chi connectivity index (χ0n) is 22.2. The Labute approximate surface area is 241 Å². The first-order chi connectivity index (χ1) is 19.0. The van der Waals surface area contributed by atoms with E-state index in [4.69, 9.17) is 5.73 Å². The molecule has 0 saturated carbocycles. The molecule has 2 aromatic rings. The predicted octanol–water partition coefficient (Wildman–Crippen LogP) is -1.24. The van der Waals surface area contributed by atoms with Gasteiger partial charge < -0.3 is 42.2 Å². The van der Waals surface area contributed by atoms with Crippen molar-refractivity contribution >= 4 is 64.9 Å². The summed E-state index contributed by atoms with van der Waals surface area (Å²) in [7, 11) is 0. The number of rotatable bonds is 16. The molecule has 4 amide bonds. The van der Waals surface area contributed by atoms with Crippen molar-refractivity contribution in [1.29, 1.82) is 0 Å². The average Bonchev–Trinajstić information content (AvgIpc) is 3.33. The van der Waals surface area contributed by atoms with Crippen molar-refractivity contribution in [2.45, 2.75) is 50.0 Å². The lowest BCUT2D eigenvalue weighted by Crippen LogP contribution is -2.58. The molecule has 0 aliphatic heterocycles. The van der Waals surface area contributed by atoms with E-state index in [0.717, 1.165) is 10.9 Å². The van der Waals surface area contributed by atoms with Crippen molar-refractivity contribution in [3.63, 3.8) is 0 Å². The Bertz CT molecular complexity index is 1190. The quantitative estimate of drug-likeness (QED) is 0.106. The van der Waals surface area contributed by atoms with Crippen molar-refractivity contribution < 1.29 is 34.2 Å². The number of thioether (sulfide) groups is 1. The Morgan fingerprint density at radius 2 is 1.73 bits per heavy atom. The SMILES string of the molecule is CSCC[C@H](N)C(=O)NCC(=O)N[C@@H](Cc1c[nH]c2ccccc12)C(=O)N[C@@H](CS)C(=O)N[C@H](C(=O)O)[C@@H](C)O. The Hall–Kier alpha value is -3.27. The highest BCUT2D eigenvalue weighted by atomic mass is 32.2. The predicted molar refractivity (Wildman–Crippen MR) is 155 cm³/mol. The zero-order chi connectivity index (χ0) is 29.8. The van der Waals surface area contributed by atoms with E-state index in [9.17, 15) is 34.2 Å². The van der Waals surface area contributed by atoms with Gasteiger partial charge in [-0.2, -0.15) is 24.4 Å². The van der Waals surface area contributed by atoms with Gasteiger partial charge in [0.15, 0.2) is 6.04 Å². The number of carbonyl (C=O) groups is 5. The van der Waals surface area contributed by atoms with Gasteiger partial charge in [-0.05, 0) is 37.0 Å². The van der Waals surface area contributed by atoms with E-state index in [2.05, 4.69) is 38.9 Å². The molecule has 5 atom stereocenters. The van der Waals surface area contributed by atoms with E-state index in [-0.39, 0.29) is 12.2 Å². The Balaban J connectivity index is 2.17. The van der Waals surface area contributed by atoms with Gasteiger partial charge in [-0.1, -0.05) is 18.2 Å². The number of aromatic nitrogens is 1. The number of nitrogens with two attached hydrogens (primary N) is 1. The van der Waals surface area contributed by atoms with Crippen LogP contribution in [0.5, 0.6) is 0 Å². The number of amides is 4. The second-order valence-corrected chi connectivity index (χ2v) is 10.4. The minimum absolute atomic E-state index is 0.0368.